The minimum Gasteiger partial charge on any atom is -0.462 e. The van der Waals surface area contributed by atoms with Crippen LogP contribution >= 0.6 is 0 Å². The molecule has 0 aliphatic heterocycles. The fourth-order valence-electron chi connectivity index (χ4n) is 1.01. The van der Waals surface area contributed by atoms with E-state index in [1.807, 2.05) is 20.9 Å². The van der Waals surface area contributed by atoms with Crippen molar-refractivity contribution < 1.29 is 4.74 Å². The van der Waals surface area contributed by atoms with E-state index in [-0.39, 0.29) is 0 Å². The summed E-state index contributed by atoms with van der Waals surface area (Å²) in [6, 6.07) is 0. The molecule has 0 fully saturated rings. The Bertz CT molecular complexity index is 276. The summed E-state index contributed by atoms with van der Waals surface area (Å²) in [5.41, 5.74) is 1.91. The molecule has 0 aliphatic carbocycles. The number of hydrogen-bond donors (Lipinski definition) is 0. The zero-order valence-electron chi connectivity index (χ0n) is 7.09. The van der Waals surface area contributed by atoms with Crippen LogP contribution in [0.3, 0.4) is 0 Å². The smallest absolute Gasteiger partial charge is 0.170 e. The van der Waals surface area contributed by atoms with Crippen molar-refractivity contribution in [2.24, 2.45) is 7.05 Å². The van der Waals surface area contributed by atoms with Crippen LogP contribution < -0.4 is 4.74 Å². The molecule has 11 heavy (non-hydrogen) atoms. The standard InChI is InChI=1S/C8H12N2O/c1-5-11-8-6(2)9-10(4)7(8)3/h5H,1H2,2-4H3. The predicted octanol–water partition coefficient (Wildman–Crippen LogP) is 1.56. The van der Waals surface area contributed by atoms with Crippen LogP contribution in [0.4, 0.5) is 0 Å². The number of nitrogens with zero attached hydrogens (tertiary/aromatic N) is 2. The fraction of sp³-hybridized carbons (Fsp3) is 0.375. The second kappa shape index (κ2) is 2.78. The second-order valence-corrected chi connectivity index (χ2v) is 2.41. The number of aryl methyl sites for hydroxylation is 2. The normalized spacial score (nSPS) is 9.73. The first-order chi connectivity index (χ1) is 5.16. The molecule has 0 radical (unpaired) electrons. The van der Waals surface area contributed by atoms with Crippen LogP contribution in [0.15, 0.2) is 12.8 Å². The third kappa shape index (κ3) is 1.27. The van der Waals surface area contributed by atoms with E-state index < -0.39 is 0 Å². The third-order valence-corrected chi connectivity index (χ3v) is 1.64. The molecular weight excluding hydrogens is 140 g/mol. The predicted molar refractivity (Wildman–Crippen MR) is 43.5 cm³/mol. The first kappa shape index (κ1) is 7.85. The highest BCUT2D eigenvalue weighted by Crippen LogP contribution is 2.20. The quantitative estimate of drug-likeness (QED) is 0.601. The van der Waals surface area contributed by atoms with Gasteiger partial charge in [-0.2, -0.15) is 5.10 Å². The van der Waals surface area contributed by atoms with Gasteiger partial charge in [0, 0.05) is 7.05 Å². The van der Waals surface area contributed by atoms with Gasteiger partial charge in [0.25, 0.3) is 0 Å². The Labute approximate surface area is 66.3 Å². The van der Waals surface area contributed by atoms with Gasteiger partial charge in [-0.3, -0.25) is 4.68 Å². The average molecular weight is 152 g/mol. The Hall–Kier alpha value is -1.25. The van der Waals surface area contributed by atoms with Crippen LogP contribution in [0.5, 0.6) is 5.75 Å². The van der Waals surface area contributed by atoms with Gasteiger partial charge in [0.05, 0.1) is 12.0 Å². The van der Waals surface area contributed by atoms with Crippen LogP contribution in [0.25, 0.3) is 0 Å². The van der Waals surface area contributed by atoms with Crippen molar-refractivity contribution in [2.45, 2.75) is 13.8 Å². The highest BCUT2D eigenvalue weighted by atomic mass is 16.5. The topological polar surface area (TPSA) is 27.1 Å². The van der Waals surface area contributed by atoms with Crippen molar-refractivity contribution in [1.29, 1.82) is 0 Å². The molecule has 0 aromatic carbocycles. The van der Waals surface area contributed by atoms with Gasteiger partial charge in [-0.05, 0) is 13.8 Å². The van der Waals surface area contributed by atoms with Crippen molar-refractivity contribution in [3.8, 4) is 5.75 Å². The molecule has 1 aromatic rings. The molecule has 1 rings (SSSR count). The molecule has 3 heteroatoms. The van der Waals surface area contributed by atoms with Gasteiger partial charge < -0.3 is 4.74 Å². The molecule has 0 aliphatic rings. The maximum atomic E-state index is 5.17. The van der Waals surface area contributed by atoms with E-state index in [0.29, 0.717) is 0 Å². The Kier molecular flexibility index (Phi) is 1.98. The molecule has 0 spiro atoms. The Morgan fingerprint density at radius 1 is 1.55 bits per heavy atom. The minimum absolute atomic E-state index is 0.808. The van der Waals surface area contributed by atoms with Gasteiger partial charge in [0.2, 0.25) is 0 Å². The van der Waals surface area contributed by atoms with E-state index in [1.165, 1.54) is 6.26 Å². The van der Waals surface area contributed by atoms with Gasteiger partial charge in [-0.15, -0.1) is 0 Å². The van der Waals surface area contributed by atoms with Crippen LogP contribution in [0.1, 0.15) is 11.4 Å². The molecule has 60 valence electrons. The van der Waals surface area contributed by atoms with E-state index >= 15 is 0 Å². The van der Waals surface area contributed by atoms with Gasteiger partial charge in [-0.25, -0.2) is 0 Å². The molecule has 0 saturated carbocycles. The van der Waals surface area contributed by atoms with Crippen molar-refractivity contribution in [3.63, 3.8) is 0 Å². The summed E-state index contributed by atoms with van der Waals surface area (Å²) in [7, 11) is 1.89. The lowest BCUT2D eigenvalue weighted by molar-refractivity contribution is 0.475. The number of hydrogen-bond acceptors (Lipinski definition) is 2. The maximum Gasteiger partial charge on any atom is 0.170 e. The number of ether oxygens (including phenoxy) is 1. The zero-order valence-corrected chi connectivity index (χ0v) is 7.09. The molecule has 0 amide bonds. The summed E-state index contributed by atoms with van der Waals surface area (Å²) in [6.07, 6.45) is 1.41. The van der Waals surface area contributed by atoms with E-state index in [4.69, 9.17) is 4.74 Å². The molecule has 0 N–H and O–H groups in total. The monoisotopic (exact) mass is 152 g/mol. The first-order valence-electron chi connectivity index (χ1n) is 3.44. The summed E-state index contributed by atoms with van der Waals surface area (Å²) < 4.78 is 6.95. The SMILES string of the molecule is C=COc1c(C)nn(C)c1C. The van der Waals surface area contributed by atoms with E-state index in [9.17, 15) is 0 Å². The van der Waals surface area contributed by atoms with Crippen molar-refractivity contribution in [3.05, 3.63) is 24.2 Å². The molecule has 1 aromatic heterocycles. The lowest BCUT2D eigenvalue weighted by Crippen LogP contribution is -1.92. The second-order valence-electron chi connectivity index (χ2n) is 2.41. The molecule has 0 unspecified atom stereocenters. The summed E-state index contributed by atoms with van der Waals surface area (Å²) in [5, 5.41) is 4.17. The van der Waals surface area contributed by atoms with Crippen LogP contribution in [-0.2, 0) is 7.05 Å². The summed E-state index contributed by atoms with van der Waals surface area (Å²) >= 11 is 0. The van der Waals surface area contributed by atoms with E-state index in [0.717, 1.165) is 17.1 Å². The molecular formula is C8H12N2O. The molecule has 0 atom stereocenters. The highest BCUT2D eigenvalue weighted by molar-refractivity contribution is 5.32. The van der Waals surface area contributed by atoms with Crippen molar-refractivity contribution >= 4 is 0 Å². The van der Waals surface area contributed by atoms with Crippen molar-refractivity contribution in [1.82, 2.24) is 9.78 Å². The van der Waals surface area contributed by atoms with Gasteiger partial charge >= 0.3 is 0 Å². The van der Waals surface area contributed by atoms with Crippen LogP contribution in [0.2, 0.25) is 0 Å². The minimum atomic E-state index is 0.808. The summed E-state index contributed by atoms with van der Waals surface area (Å²) in [4.78, 5) is 0. The number of aromatic nitrogens is 2. The van der Waals surface area contributed by atoms with Crippen LogP contribution in [0, 0.1) is 13.8 Å². The van der Waals surface area contributed by atoms with E-state index in [2.05, 4.69) is 11.7 Å². The molecule has 3 nitrogen and oxygen atoms in total. The van der Waals surface area contributed by atoms with Gasteiger partial charge in [0.1, 0.15) is 5.69 Å². The summed E-state index contributed by atoms with van der Waals surface area (Å²) in [5.74, 6) is 0.808. The maximum absolute atomic E-state index is 5.17. The van der Waals surface area contributed by atoms with Crippen LogP contribution in [-0.4, -0.2) is 9.78 Å². The third-order valence-electron chi connectivity index (χ3n) is 1.64. The molecule has 1 heterocycles. The Morgan fingerprint density at radius 2 is 2.18 bits per heavy atom. The Balaban J connectivity index is 3.11. The lowest BCUT2D eigenvalue weighted by atomic mass is 10.3. The van der Waals surface area contributed by atoms with Gasteiger partial charge in [-0.1, -0.05) is 6.58 Å². The zero-order chi connectivity index (χ0) is 8.43. The molecule has 0 saturated heterocycles. The average Bonchev–Trinajstić information content (AvgIpc) is 2.17. The van der Waals surface area contributed by atoms with E-state index in [1.54, 1.807) is 4.68 Å². The van der Waals surface area contributed by atoms with Crippen molar-refractivity contribution in [2.75, 3.05) is 0 Å². The lowest BCUT2D eigenvalue weighted by Gasteiger charge is -1.97. The fourth-order valence-corrected chi connectivity index (χ4v) is 1.01. The Morgan fingerprint density at radius 3 is 2.55 bits per heavy atom. The largest absolute Gasteiger partial charge is 0.462 e. The molecule has 0 bridgehead atoms. The van der Waals surface area contributed by atoms with Gasteiger partial charge in [0.15, 0.2) is 5.75 Å². The summed E-state index contributed by atoms with van der Waals surface area (Å²) in [6.45, 7) is 7.35. The highest BCUT2D eigenvalue weighted by Gasteiger charge is 2.08. The first-order valence-corrected chi connectivity index (χ1v) is 3.44. The number of rotatable bonds is 2.